The number of halogens is 1. The van der Waals surface area contributed by atoms with E-state index in [0.717, 1.165) is 70.4 Å². The minimum atomic E-state index is -0.586. The average Bonchev–Trinajstić information content (AvgIpc) is 3.15. The van der Waals surface area contributed by atoms with Crippen LogP contribution in [0.3, 0.4) is 0 Å². The van der Waals surface area contributed by atoms with Crippen molar-refractivity contribution in [2.75, 3.05) is 20.2 Å². The van der Waals surface area contributed by atoms with Crippen LogP contribution in [-0.2, 0) is 0 Å². The Hall–Kier alpha value is -2.15. The number of aromatic nitrogens is 2. The number of aryl methyl sites for hydroxylation is 2. The third-order valence-electron chi connectivity index (χ3n) is 7.48. The van der Waals surface area contributed by atoms with Crippen LogP contribution in [0.2, 0.25) is 0 Å². The molecule has 2 aromatic heterocycles. The van der Waals surface area contributed by atoms with Crippen molar-refractivity contribution in [2.45, 2.75) is 52.2 Å². The van der Waals surface area contributed by atoms with Crippen LogP contribution in [0.1, 0.15) is 49.3 Å². The van der Waals surface area contributed by atoms with Gasteiger partial charge >= 0.3 is 0 Å². The molecule has 2 bridgehead atoms. The van der Waals surface area contributed by atoms with Crippen molar-refractivity contribution in [2.24, 2.45) is 11.8 Å². The summed E-state index contributed by atoms with van der Waals surface area (Å²) in [6, 6.07) is 8.03. The van der Waals surface area contributed by atoms with Crippen LogP contribution in [0.4, 0.5) is 0 Å². The van der Waals surface area contributed by atoms with Crippen LogP contribution in [0.25, 0.3) is 22.2 Å². The Morgan fingerprint density at radius 1 is 1.28 bits per heavy atom. The van der Waals surface area contributed by atoms with Crippen molar-refractivity contribution in [3.05, 3.63) is 41.3 Å². The van der Waals surface area contributed by atoms with Crippen molar-refractivity contribution < 1.29 is 14.4 Å². The summed E-state index contributed by atoms with van der Waals surface area (Å²) >= 11 is 0. The number of nitrogens with zero attached hydrogens (tertiary/aromatic N) is 3. The Balaban J connectivity index is 0.00000245. The molecule has 0 aliphatic carbocycles. The molecule has 1 aromatic carbocycles. The second kappa shape index (κ2) is 9.00. The molecule has 0 radical (unpaired) electrons. The van der Waals surface area contributed by atoms with E-state index in [4.69, 9.17) is 14.2 Å². The van der Waals surface area contributed by atoms with Crippen molar-refractivity contribution in [3.63, 3.8) is 0 Å². The first-order valence-electron chi connectivity index (χ1n) is 11.3. The normalized spacial score (nSPS) is 25.5. The number of rotatable bonds is 5. The van der Waals surface area contributed by atoms with Crippen LogP contribution < -0.4 is 4.74 Å². The maximum Gasteiger partial charge on any atom is 0.143 e. The Kier molecular flexibility index (Phi) is 6.48. The van der Waals surface area contributed by atoms with Gasteiger partial charge in [0.15, 0.2) is 0 Å². The van der Waals surface area contributed by atoms with Gasteiger partial charge in [0.25, 0.3) is 0 Å². The van der Waals surface area contributed by atoms with Gasteiger partial charge in [0.05, 0.1) is 35.7 Å². The van der Waals surface area contributed by atoms with E-state index < -0.39 is 6.10 Å². The fourth-order valence-electron chi connectivity index (χ4n) is 5.76. The number of aliphatic hydroxyl groups excluding tert-OH is 1. The van der Waals surface area contributed by atoms with Gasteiger partial charge in [0.1, 0.15) is 11.5 Å². The molecule has 5 atom stereocenters. The van der Waals surface area contributed by atoms with Crippen LogP contribution in [0, 0.1) is 25.7 Å². The van der Waals surface area contributed by atoms with Gasteiger partial charge in [-0.1, -0.05) is 18.5 Å². The molecule has 172 valence electrons. The van der Waals surface area contributed by atoms with E-state index in [1.807, 2.05) is 38.1 Å². The number of fused-ring (bicyclic) bond motifs is 4. The zero-order chi connectivity index (χ0) is 21.7. The molecule has 3 fully saturated rings. The van der Waals surface area contributed by atoms with E-state index in [1.165, 1.54) is 12.8 Å². The van der Waals surface area contributed by atoms with Gasteiger partial charge in [-0.2, -0.15) is 0 Å². The molecule has 3 aliphatic heterocycles. The lowest BCUT2D eigenvalue weighted by atomic mass is 9.72. The Morgan fingerprint density at radius 2 is 2.09 bits per heavy atom. The van der Waals surface area contributed by atoms with Crippen LogP contribution in [0.5, 0.6) is 5.75 Å². The molecular weight excluding hydrogens is 426 g/mol. The maximum absolute atomic E-state index is 11.7. The highest BCUT2D eigenvalue weighted by Crippen LogP contribution is 2.43. The van der Waals surface area contributed by atoms with E-state index in [-0.39, 0.29) is 18.4 Å². The fraction of sp³-hybridized carbons (Fsp3) is 0.520. The summed E-state index contributed by atoms with van der Waals surface area (Å²) < 4.78 is 10.9. The molecule has 0 saturated carbocycles. The van der Waals surface area contributed by atoms with Crippen LogP contribution >= 0.6 is 12.4 Å². The number of pyridine rings is 1. The number of piperidine rings is 3. The summed E-state index contributed by atoms with van der Waals surface area (Å²) in [4.78, 5) is 7.40. The summed E-state index contributed by atoms with van der Waals surface area (Å²) in [5.74, 6) is 2.97. The highest BCUT2D eigenvalue weighted by molar-refractivity contribution is 5.87. The van der Waals surface area contributed by atoms with Crippen LogP contribution in [0.15, 0.2) is 28.8 Å². The number of hydrogen-bond donors (Lipinski definition) is 1. The number of aliphatic hydroxyl groups is 1. The first-order chi connectivity index (χ1) is 15.0. The van der Waals surface area contributed by atoms with Crippen LogP contribution in [-0.4, -0.2) is 46.4 Å². The van der Waals surface area contributed by atoms with Crippen molar-refractivity contribution in [1.29, 1.82) is 0 Å². The van der Waals surface area contributed by atoms with Crippen molar-refractivity contribution >= 4 is 23.3 Å². The Labute approximate surface area is 195 Å². The molecule has 1 N–H and O–H groups in total. The summed E-state index contributed by atoms with van der Waals surface area (Å²) in [5, 5.41) is 16.7. The van der Waals surface area contributed by atoms with E-state index in [9.17, 15) is 5.11 Å². The van der Waals surface area contributed by atoms with Crippen molar-refractivity contribution in [3.8, 4) is 17.0 Å². The molecule has 0 amide bonds. The molecule has 6 rings (SSSR count). The third-order valence-corrected chi connectivity index (χ3v) is 7.48. The zero-order valence-corrected chi connectivity index (χ0v) is 20.0. The number of ether oxygens (including phenoxy) is 1. The van der Waals surface area contributed by atoms with Gasteiger partial charge in [0.2, 0.25) is 0 Å². The molecule has 7 heteroatoms. The topological polar surface area (TPSA) is 71.6 Å². The van der Waals surface area contributed by atoms with Gasteiger partial charge in [-0.05, 0) is 74.9 Å². The standard InChI is InChI=1S/C25H31N3O3.ClH/c1-5-16-13-28-9-8-17(16)10-23(28)25(29)20-12-22(24-14(2)27-31-15(24)3)26-21-7-6-18(30-4)11-19(20)21;/h6-7,11-12,16-17,23,25,29H,5,8-10,13H2,1-4H3;1H/t16-,17+,23-,25+;/m0./s1. The maximum atomic E-state index is 11.7. The monoisotopic (exact) mass is 457 g/mol. The Morgan fingerprint density at radius 3 is 2.72 bits per heavy atom. The molecule has 0 spiro atoms. The lowest BCUT2D eigenvalue weighted by molar-refractivity contribution is -0.0562. The molecule has 32 heavy (non-hydrogen) atoms. The lowest BCUT2D eigenvalue weighted by Gasteiger charge is -2.51. The van der Waals surface area contributed by atoms with Crippen molar-refractivity contribution in [1.82, 2.24) is 15.0 Å². The minimum Gasteiger partial charge on any atom is -0.497 e. The number of hydrogen-bond acceptors (Lipinski definition) is 6. The summed E-state index contributed by atoms with van der Waals surface area (Å²) in [5.41, 5.74) is 4.26. The molecule has 3 saturated heterocycles. The molecule has 6 nitrogen and oxygen atoms in total. The number of methoxy groups -OCH3 is 1. The van der Waals surface area contributed by atoms with Gasteiger partial charge in [-0.3, -0.25) is 4.90 Å². The quantitative estimate of drug-likeness (QED) is 0.575. The predicted octanol–water partition coefficient (Wildman–Crippen LogP) is 5.09. The Bertz CT molecular complexity index is 1100. The summed E-state index contributed by atoms with van der Waals surface area (Å²) in [6.45, 7) is 8.29. The second-order valence-corrected chi connectivity index (χ2v) is 9.14. The smallest absolute Gasteiger partial charge is 0.143 e. The highest BCUT2D eigenvalue weighted by atomic mass is 35.5. The lowest BCUT2D eigenvalue weighted by Crippen LogP contribution is -2.55. The largest absolute Gasteiger partial charge is 0.497 e. The minimum absolute atomic E-state index is 0. The van der Waals surface area contributed by atoms with E-state index in [2.05, 4.69) is 17.0 Å². The zero-order valence-electron chi connectivity index (χ0n) is 19.2. The molecule has 1 unspecified atom stereocenters. The van der Waals surface area contributed by atoms with Gasteiger partial charge in [-0.15, -0.1) is 12.4 Å². The predicted molar refractivity (Wildman–Crippen MR) is 127 cm³/mol. The fourth-order valence-corrected chi connectivity index (χ4v) is 5.76. The molecule has 3 aliphatic rings. The second-order valence-electron chi connectivity index (χ2n) is 9.14. The first-order valence-corrected chi connectivity index (χ1v) is 11.3. The first kappa shape index (κ1) is 23.0. The average molecular weight is 458 g/mol. The molecule has 3 aromatic rings. The van der Waals surface area contributed by atoms with E-state index in [1.54, 1.807) is 7.11 Å². The SMILES string of the molecule is CC[C@H]1CN2CC[C@@H]1C[C@H]2[C@H](O)c1cc(-c2c(C)noc2C)nc2ccc(OC)cc12.Cl. The van der Waals surface area contributed by atoms with Gasteiger partial charge < -0.3 is 14.4 Å². The molecular formula is C25H32ClN3O3. The summed E-state index contributed by atoms with van der Waals surface area (Å²) in [7, 11) is 1.67. The van der Waals surface area contributed by atoms with Gasteiger partial charge in [0, 0.05) is 18.0 Å². The highest BCUT2D eigenvalue weighted by Gasteiger charge is 2.42. The van der Waals surface area contributed by atoms with E-state index >= 15 is 0 Å². The molecule has 5 heterocycles. The summed E-state index contributed by atoms with van der Waals surface area (Å²) in [6.07, 6.45) is 2.93. The van der Waals surface area contributed by atoms with E-state index in [0.29, 0.717) is 5.92 Å². The number of benzene rings is 1. The van der Waals surface area contributed by atoms with Gasteiger partial charge in [-0.25, -0.2) is 4.98 Å². The third kappa shape index (κ3) is 3.78.